The molecular formula is C34H39N7O4. The lowest BCUT2D eigenvalue weighted by Crippen LogP contribution is -2.55. The highest BCUT2D eigenvalue weighted by Gasteiger charge is 2.33. The van der Waals surface area contributed by atoms with E-state index in [1.807, 2.05) is 45.4 Å². The van der Waals surface area contributed by atoms with Crippen LogP contribution in [0.5, 0.6) is 5.75 Å². The Morgan fingerprint density at radius 2 is 2.02 bits per heavy atom. The van der Waals surface area contributed by atoms with E-state index in [0.29, 0.717) is 73.8 Å². The van der Waals surface area contributed by atoms with E-state index in [9.17, 15) is 9.59 Å². The van der Waals surface area contributed by atoms with Gasteiger partial charge in [0.1, 0.15) is 17.5 Å². The molecule has 3 fully saturated rings. The Labute approximate surface area is 263 Å². The van der Waals surface area contributed by atoms with Crippen LogP contribution in [0, 0.1) is 26.2 Å². The van der Waals surface area contributed by atoms with Gasteiger partial charge in [-0.3, -0.25) is 24.2 Å². The smallest absolute Gasteiger partial charge is 0.275 e. The van der Waals surface area contributed by atoms with Gasteiger partial charge in [0.25, 0.3) is 5.91 Å². The van der Waals surface area contributed by atoms with Crippen LogP contribution in [-0.4, -0.2) is 86.8 Å². The molecule has 11 heteroatoms. The monoisotopic (exact) mass is 609 g/mol. The molecule has 2 saturated heterocycles. The van der Waals surface area contributed by atoms with Crippen molar-refractivity contribution in [3.8, 4) is 18.1 Å². The van der Waals surface area contributed by atoms with Crippen molar-refractivity contribution in [3.63, 3.8) is 0 Å². The summed E-state index contributed by atoms with van der Waals surface area (Å²) in [5.41, 5.74) is 4.57. The second kappa shape index (κ2) is 12.8. The van der Waals surface area contributed by atoms with E-state index >= 15 is 0 Å². The topological polar surface area (TPSA) is 115 Å². The zero-order valence-electron chi connectivity index (χ0n) is 26.0. The molecule has 0 aromatic carbocycles. The summed E-state index contributed by atoms with van der Waals surface area (Å²) in [5.74, 6) is 3.94. The third-order valence-electron chi connectivity index (χ3n) is 8.69. The summed E-state index contributed by atoms with van der Waals surface area (Å²) in [7, 11) is 1.81. The average molecular weight is 610 g/mol. The molecule has 3 aliphatic rings. The molecule has 1 aliphatic carbocycles. The molecule has 0 bridgehead atoms. The minimum Gasteiger partial charge on any atom is -0.481 e. The van der Waals surface area contributed by atoms with Gasteiger partial charge in [0.15, 0.2) is 11.9 Å². The zero-order valence-corrected chi connectivity index (χ0v) is 26.0. The quantitative estimate of drug-likeness (QED) is 0.274. The first-order valence-corrected chi connectivity index (χ1v) is 15.4. The molecule has 45 heavy (non-hydrogen) atoms. The summed E-state index contributed by atoms with van der Waals surface area (Å²) >= 11 is 0. The maximum atomic E-state index is 13.4. The number of carbonyl (C=O) groups is 2. The molecule has 0 unspecified atom stereocenters. The minimum absolute atomic E-state index is 0.00568. The molecule has 2 aliphatic heterocycles. The molecule has 2 atom stereocenters. The average Bonchev–Trinajstić information content (AvgIpc) is 3.81. The summed E-state index contributed by atoms with van der Waals surface area (Å²) in [4.78, 5) is 39.4. The first kappa shape index (κ1) is 30.5. The van der Waals surface area contributed by atoms with Crippen molar-refractivity contribution in [1.29, 1.82) is 0 Å². The van der Waals surface area contributed by atoms with Crippen molar-refractivity contribution in [2.24, 2.45) is 7.05 Å². The number of pyridine rings is 2. The Bertz CT molecular complexity index is 1640. The zero-order chi connectivity index (χ0) is 31.7. The lowest BCUT2D eigenvalue weighted by molar-refractivity contribution is -0.129. The second-order valence-corrected chi connectivity index (χ2v) is 12.1. The van der Waals surface area contributed by atoms with Gasteiger partial charge in [0.05, 0.1) is 30.5 Å². The van der Waals surface area contributed by atoms with Crippen LogP contribution in [0.15, 0.2) is 43.2 Å². The Kier molecular flexibility index (Phi) is 8.70. The number of nitrogens with zero attached hydrogens (tertiary/aromatic N) is 6. The molecule has 1 N–H and O–H groups in total. The molecule has 3 aromatic heterocycles. The van der Waals surface area contributed by atoms with E-state index in [1.54, 1.807) is 9.58 Å². The van der Waals surface area contributed by atoms with Crippen molar-refractivity contribution in [1.82, 2.24) is 29.5 Å². The standard InChI is InChI=1S/C34H39N7O4/c1-6-26-17-40(12-13-41(26)30(42)7-2)18-29(27-11-10-24(15-35-27)23-8-9-23)45-28-14-21(3)31(36-32(28)25-19-44-20-25)34(43)37-33-22(4)16-39(5)38-33/h1,7,10-11,14-16,23,25-26,29H,2,8-9,12-13,17-20H2,3-5H3,(H,37,38,43)/t26-,29-/m1/s1. The van der Waals surface area contributed by atoms with Gasteiger partial charge in [0, 0.05) is 51.2 Å². The first-order chi connectivity index (χ1) is 21.7. The number of ether oxygens (including phenoxy) is 2. The van der Waals surface area contributed by atoms with Gasteiger partial charge in [-0.25, -0.2) is 4.98 Å². The third kappa shape index (κ3) is 6.62. The summed E-state index contributed by atoms with van der Waals surface area (Å²) in [6.45, 7) is 10.5. The molecule has 1 saturated carbocycles. The van der Waals surface area contributed by atoms with E-state index in [2.05, 4.69) is 33.9 Å². The van der Waals surface area contributed by atoms with Gasteiger partial charge < -0.3 is 19.7 Å². The van der Waals surface area contributed by atoms with E-state index in [1.165, 1.54) is 24.5 Å². The number of nitrogens with one attached hydrogen (secondary N) is 1. The van der Waals surface area contributed by atoms with Crippen LogP contribution in [0.25, 0.3) is 0 Å². The molecule has 234 valence electrons. The fraction of sp³-hybridized carbons (Fsp3) is 0.441. The number of carbonyl (C=O) groups excluding carboxylic acids is 2. The Morgan fingerprint density at radius 3 is 2.62 bits per heavy atom. The summed E-state index contributed by atoms with van der Waals surface area (Å²) < 4.78 is 14.0. The predicted octanol–water partition coefficient (Wildman–Crippen LogP) is 3.52. The SMILES string of the molecule is C#C[C@@H]1CN(C[C@@H](Oc2cc(C)c(C(=O)Nc3nn(C)cc3C)nc2C2COC2)c2ccc(C3CC3)cn2)CCN1C(=O)C=C. The van der Waals surface area contributed by atoms with Crippen molar-refractivity contribution in [2.45, 2.75) is 50.7 Å². The number of terminal acetylenes is 1. The van der Waals surface area contributed by atoms with Crippen LogP contribution in [0.1, 0.15) is 69.3 Å². The Balaban J connectivity index is 1.29. The van der Waals surface area contributed by atoms with Gasteiger partial charge >= 0.3 is 0 Å². The van der Waals surface area contributed by atoms with Gasteiger partial charge in [-0.1, -0.05) is 18.6 Å². The molecule has 6 rings (SSSR count). The van der Waals surface area contributed by atoms with E-state index in [0.717, 1.165) is 11.3 Å². The Hall–Kier alpha value is -4.53. The normalized spacial score (nSPS) is 19.3. The van der Waals surface area contributed by atoms with Crippen LogP contribution >= 0.6 is 0 Å². The van der Waals surface area contributed by atoms with Crippen molar-refractivity contribution < 1.29 is 19.1 Å². The third-order valence-corrected chi connectivity index (χ3v) is 8.69. The highest BCUT2D eigenvalue weighted by atomic mass is 16.5. The minimum atomic E-state index is -0.449. The summed E-state index contributed by atoms with van der Waals surface area (Å²) in [5, 5.41) is 7.25. The molecule has 5 heterocycles. The van der Waals surface area contributed by atoms with Crippen LogP contribution in [0.4, 0.5) is 5.82 Å². The molecule has 2 amide bonds. The lowest BCUT2D eigenvalue weighted by atomic mass is 10.00. The maximum Gasteiger partial charge on any atom is 0.275 e. The van der Waals surface area contributed by atoms with Gasteiger partial charge in [-0.15, -0.1) is 6.42 Å². The largest absolute Gasteiger partial charge is 0.481 e. The predicted molar refractivity (Wildman–Crippen MR) is 169 cm³/mol. The molecule has 3 aromatic rings. The van der Waals surface area contributed by atoms with Crippen LogP contribution in [0.3, 0.4) is 0 Å². The molecule has 0 spiro atoms. The van der Waals surface area contributed by atoms with Gasteiger partial charge in [0.2, 0.25) is 5.91 Å². The number of hydrogen-bond donors (Lipinski definition) is 1. The van der Waals surface area contributed by atoms with E-state index < -0.39 is 6.10 Å². The van der Waals surface area contributed by atoms with Crippen molar-refractivity contribution >= 4 is 17.6 Å². The van der Waals surface area contributed by atoms with Gasteiger partial charge in [-0.05, 0) is 61.9 Å². The number of aryl methyl sites for hydroxylation is 3. The number of piperazine rings is 1. The van der Waals surface area contributed by atoms with Crippen LogP contribution in [0.2, 0.25) is 0 Å². The van der Waals surface area contributed by atoms with Crippen molar-refractivity contribution in [3.05, 3.63) is 77.0 Å². The number of aromatic nitrogens is 4. The Morgan fingerprint density at radius 1 is 1.22 bits per heavy atom. The molecule has 0 radical (unpaired) electrons. The fourth-order valence-electron chi connectivity index (χ4n) is 5.88. The maximum absolute atomic E-state index is 13.4. The highest BCUT2D eigenvalue weighted by Crippen LogP contribution is 2.40. The number of anilines is 1. The summed E-state index contributed by atoms with van der Waals surface area (Å²) in [6.07, 6.45) is 12.9. The van der Waals surface area contributed by atoms with Crippen molar-refractivity contribution in [2.75, 3.05) is 44.7 Å². The molecular weight excluding hydrogens is 570 g/mol. The van der Waals surface area contributed by atoms with Crippen LogP contribution < -0.4 is 10.1 Å². The summed E-state index contributed by atoms with van der Waals surface area (Å²) in [6, 6.07) is 5.69. The van der Waals surface area contributed by atoms with Gasteiger partial charge in [-0.2, -0.15) is 5.10 Å². The van der Waals surface area contributed by atoms with E-state index in [-0.39, 0.29) is 23.8 Å². The number of amides is 2. The second-order valence-electron chi connectivity index (χ2n) is 12.1. The van der Waals surface area contributed by atoms with Crippen LogP contribution in [-0.2, 0) is 16.6 Å². The lowest BCUT2D eigenvalue weighted by Gasteiger charge is -2.40. The fourth-order valence-corrected chi connectivity index (χ4v) is 5.88. The number of hydrogen-bond acceptors (Lipinski definition) is 8. The molecule has 11 nitrogen and oxygen atoms in total. The number of rotatable bonds is 10. The highest BCUT2D eigenvalue weighted by molar-refractivity contribution is 6.03. The first-order valence-electron chi connectivity index (χ1n) is 15.4. The van der Waals surface area contributed by atoms with E-state index in [4.69, 9.17) is 25.9 Å².